The van der Waals surface area contributed by atoms with Crippen LogP contribution in [0.15, 0.2) is 0 Å². The van der Waals surface area contributed by atoms with Gasteiger partial charge < -0.3 is 0 Å². The Kier molecular flexibility index (Phi) is 2.09. The Morgan fingerprint density at radius 1 is 1.06 bits per heavy atom. The summed E-state index contributed by atoms with van der Waals surface area (Å²) in [5.74, 6) is 4.95. The van der Waals surface area contributed by atoms with Gasteiger partial charge in [-0.3, -0.25) is 4.79 Å². The lowest BCUT2D eigenvalue weighted by molar-refractivity contribution is -0.148. The quantitative estimate of drug-likeness (QED) is 0.671. The lowest BCUT2D eigenvalue weighted by Gasteiger charge is -2.64. The highest BCUT2D eigenvalue weighted by Gasteiger charge is 2.58. The van der Waals surface area contributed by atoms with Gasteiger partial charge in [-0.05, 0) is 87.4 Å². The third-order valence-electron chi connectivity index (χ3n) is 6.79. The number of hydrogen-bond acceptors (Lipinski definition) is 1. The van der Waals surface area contributed by atoms with Crippen LogP contribution in [0.3, 0.4) is 0 Å². The molecule has 5 aliphatic carbocycles. The molecule has 1 nitrogen and oxygen atoms in total. The maximum absolute atomic E-state index is 11.7. The molecule has 1 heteroatoms. The van der Waals surface area contributed by atoms with Crippen LogP contribution in [0, 0.1) is 35.0 Å². The first-order chi connectivity index (χ1) is 8.16. The molecule has 4 bridgehead atoms. The van der Waals surface area contributed by atoms with Crippen molar-refractivity contribution in [2.75, 3.05) is 0 Å². The molecule has 5 aliphatic rings. The summed E-state index contributed by atoms with van der Waals surface area (Å²) in [6.07, 6.45) is 11.4. The second kappa shape index (κ2) is 3.36. The summed E-state index contributed by atoms with van der Waals surface area (Å²) >= 11 is 0. The summed E-state index contributed by atoms with van der Waals surface area (Å²) in [7, 11) is 0. The van der Waals surface area contributed by atoms with E-state index in [0.717, 1.165) is 23.7 Å². The molecular formula is C16H24O. The third-order valence-corrected chi connectivity index (χ3v) is 6.79. The molecule has 0 aromatic carbocycles. The Bertz CT molecular complexity index is 345. The van der Waals surface area contributed by atoms with E-state index in [0.29, 0.717) is 17.1 Å². The van der Waals surface area contributed by atoms with Crippen molar-refractivity contribution >= 4 is 5.78 Å². The lowest BCUT2D eigenvalue weighted by Crippen LogP contribution is -2.55. The van der Waals surface area contributed by atoms with Gasteiger partial charge in [0.25, 0.3) is 0 Å². The van der Waals surface area contributed by atoms with E-state index < -0.39 is 0 Å². The van der Waals surface area contributed by atoms with Crippen LogP contribution in [0.2, 0.25) is 0 Å². The van der Waals surface area contributed by atoms with Gasteiger partial charge in [0.05, 0.1) is 0 Å². The minimum absolute atomic E-state index is 0.420. The van der Waals surface area contributed by atoms with E-state index in [1.54, 1.807) is 6.42 Å². The maximum atomic E-state index is 11.7. The number of rotatable bonds is 1. The van der Waals surface area contributed by atoms with Crippen molar-refractivity contribution in [3.05, 3.63) is 0 Å². The smallest absolute Gasteiger partial charge is 0.132 e. The molecule has 0 aromatic rings. The summed E-state index contributed by atoms with van der Waals surface area (Å²) in [4.78, 5) is 11.7. The topological polar surface area (TPSA) is 17.1 Å². The molecule has 6 atom stereocenters. The fraction of sp³-hybridized carbons (Fsp3) is 0.938. The average Bonchev–Trinajstić information content (AvgIpc) is 2.26. The average molecular weight is 232 g/mol. The first-order valence-electron chi connectivity index (χ1n) is 7.67. The van der Waals surface area contributed by atoms with Crippen LogP contribution in [0.25, 0.3) is 0 Å². The van der Waals surface area contributed by atoms with E-state index in [2.05, 4.69) is 0 Å². The van der Waals surface area contributed by atoms with E-state index in [9.17, 15) is 4.79 Å². The highest BCUT2D eigenvalue weighted by molar-refractivity contribution is 5.78. The van der Waals surface area contributed by atoms with Gasteiger partial charge in [-0.25, -0.2) is 0 Å². The van der Waals surface area contributed by atoms with Crippen molar-refractivity contribution in [3.63, 3.8) is 0 Å². The van der Waals surface area contributed by atoms with Gasteiger partial charge in [0.15, 0.2) is 0 Å². The molecule has 94 valence electrons. The first kappa shape index (κ1) is 10.6. The molecule has 5 rings (SSSR count). The second-order valence-corrected chi connectivity index (χ2v) is 7.66. The van der Waals surface area contributed by atoms with Gasteiger partial charge in [-0.15, -0.1) is 0 Å². The van der Waals surface area contributed by atoms with Crippen LogP contribution >= 0.6 is 0 Å². The van der Waals surface area contributed by atoms with Crippen LogP contribution in [0.4, 0.5) is 0 Å². The Morgan fingerprint density at radius 3 is 2.41 bits per heavy atom. The van der Waals surface area contributed by atoms with Gasteiger partial charge in [-0.2, -0.15) is 0 Å². The minimum atomic E-state index is 0.420. The van der Waals surface area contributed by atoms with E-state index in [1.165, 1.54) is 44.9 Å². The summed E-state index contributed by atoms with van der Waals surface area (Å²) in [5.41, 5.74) is 0.709. The van der Waals surface area contributed by atoms with Crippen LogP contribution in [-0.2, 0) is 4.79 Å². The van der Waals surface area contributed by atoms with E-state index in [4.69, 9.17) is 0 Å². The Hall–Kier alpha value is -0.330. The van der Waals surface area contributed by atoms with Crippen molar-refractivity contribution in [3.8, 4) is 0 Å². The molecular weight excluding hydrogens is 208 g/mol. The number of carbonyl (C=O) groups is 1. The summed E-state index contributed by atoms with van der Waals surface area (Å²) in [6, 6.07) is 0. The molecule has 0 amide bonds. The fourth-order valence-electron chi connectivity index (χ4n) is 6.40. The number of carbonyl (C=O) groups excluding carboxylic acids is 1. The fourth-order valence-corrected chi connectivity index (χ4v) is 6.40. The van der Waals surface area contributed by atoms with Crippen LogP contribution in [-0.4, -0.2) is 5.78 Å². The Balaban J connectivity index is 1.64. The molecule has 5 fully saturated rings. The van der Waals surface area contributed by atoms with E-state index in [1.807, 2.05) is 6.92 Å². The molecule has 0 saturated heterocycles. The predicted octanol–water partition coefficient (Wildman–Crippen LogP) is 3.82. The zero-order valence-electron chi connectivity index (χ0n) is 11.0. The van der Waals surface area contributed by atoms with Crippen molar-refractivity contribution < 1.29 is 4.79 Å². The van der Waals surface area contributed by atoms with Gasteiger partial charge in [0.2, 0.25) is 0 Å². The highest BCUT2D eigenvalue weighted by Crippen LogP contribution is 2.67. The second-order valence-electron chi connectivity index (χ2n) is 7.66. The molecule has 5 saturated carbocycles. The molecule has 0 heterocycles. The van der Waals surface area contributed by atoms with Crippen LogP contribution in [0.1, 0.15) is 58.3 Å². The SMILES string of the molecule is CC(=O)C1CCC23C[C@@H]4CC(C[C@@H](C4)C2)C3C1. The zero-order chi connectivity index (χ0) is 11.6. The van der Waals surface area contributed by atoms with Gasteiger partial charge in [0, 0.05) is 5.92 Å². The standard InChI is InChI=1S/C16H24O/c1-10(17)13-2-3-16-8-11-4-12(9-16)6-14(5-11)15(16)7-13/h11-15H,2-9H2,1H3/t11-,12+,13?,14?,15?,16?. The maximum Gasteiger partial charge on any atom is 0.132 e. The Morgan fingerprint density at radius 2 is 1.76 bits per heavy atom. The van der Waals surface area contributed by atoms with Crippen LogP contribution in [0.5, 0.6) is 0 Å². The summed E-state index contributed by atoms with van der Waals surface area (Å²) in [6.45, 7) is 1.82. The molecule has 0 aliphatic heterocycles. The molecule has 0 radical (unpaired) electrons. The van der Waals surface area contributed by atoms with Crippen molar-refractivity contribution in [2.45, 2.75) is 58.3 Å². The molecule has 0 aromatic heterocycles. The molecule has 4 unspecified atom stereocenters. The summed E-state index contributed by atoms with van der Waals surface area (Å²) in [5, 5.41) is 0. The highest BCUT2D eigenvalue weighted by atomic mass is 16.1. The van der Waals surface area contributed by atoms with Gasteiger partial charge in [-0.1, -0.05) is 0 Å². The monoisotopic (exact) mass is 232 g/mol. The molecule has 0 N–H and O–H groups in total. The van der Waals surface area contributed by atoms with Crippen LogP contribution < -0.4 is 0 Å². The molecule has 17 heavy (non-hydrogen) atoms. The van der Waals surface area contributed by atoms with Crippen molar-refractivity contribution in [1.82, 2.24) is 0 Å². The number of hydrogen-bond donors (Lipinski definition) is 0. The van der Waals surface area contributed by atoms with Gasteiger partial charge >= 0.3 is 0 Å². The molecule has 1 spiro atoms. The first-order valence-corrected chi connectivity index (χ1v) is 7.67. The van der Waals surface area contributed by atoms with E-state index in [-0.39, 0.29) is 0 Å². The van der Waals surface area contributed by atoms with Crippen molar-refractivity contribution in [1.29, 1.82) is 0 Å². The van der Waals surface area contributed by atoms with E-state index >= 15 is 0 Å². The predicted molar refractivity (Wildman–Crippen MR) is 67.5 cm³/mol. The largest absolute Gasteiger partial charge is 0.300 e. The zero-order valence-corrected chi connectivity index (χ0v) is 11.0. The lowest BCUT2D eigenvalue weighted by atomic mass is 9.41. The minimum Gasteiger partial charge on any atom is -0.300 e. The van der Waals surface area contributed by atoms with Gasteiger partial charge in [0.1, 0.15) is 5.78 Å². The Labute approximate surface area is 104 Å². The summed E-state index contributed by atoms with van der Waals surface area (Å²) < 4.78 is 0. The normalized spacial score (nSPS) is 55.7. The van der Waals surface area contributed by atoms with Crippen molar-refractivity contribution in [2.24, 2.45) is 35.0 Å². The third kappa shape index (κ3) is 1.40. The number of ketones is 1. The number of Topliss-reactive ketones (excluding diaryl/α,β-unsaturated/α-hetero) is 1.